The van der Waals surface area contributed by atoms with Gasteiger partial charge in [-0.25, -0.2) is 0 Å². The molecule has 1 aliphatic rings. The molecule has 1 aliphatic heterocycles. The number of likely N-dealkylation sites (tertiary alicyclic amines) is 1. The van der Waals surface area contributed by atoms with Gasteiger partial charge >= 0.3 is 0 Å². The van der Waals surface area contributed by atoms with E-state index in [1.807, 2.05) is 25.1 Å². The zero-order valence-corrected chi connectivity index (χ0v) is 10.6. The van der Waals surface area contributed by atoms with Gasteiger partial charge in [0.25, 0.3) is 0 Å². The smallest absolute Gasteiger partial charge is 0.128 e. The van der Waals surface area contributed by atoms with E-state index in [0.29, 0.717) is 5.84 Å². The molecule has 0 spiro atoms. The van der Waals surface area contributed by atoms with Gasteiger partial charge in [0.1, 0.15) is 11.6 Å². The van der Waals surface area contributed by atoms with Gasteiger partial charge in [-0.3, -0.25) is 5.41 Å². The van der Waals surface area contributed by atoms with Crippen molar-refractivity contribution >= 4 is 5.84 Å². The van der Waals surface area contributed by atoms with Gasteiger partial charge in [0.2, 0.25) is 0 Å². The van der Waals surface area contributed by atoms with E-state index >= 15 is 0 Å². The summed E-state index contributed by atoms with van der Waals surface area (Å²) in [7, 11) is 1.68. The molecule has 0 amide bonds. The number of methoxy groups -OCH3 is 1. The van der Waals surface area contributed by atoms with Gasteiger partial charge in [0.05, 0.1) is 7.11 Å². The van der Waals surface area contributed by atoms with Crippen LogP contribution in [-0.4, -0.2) is 30.9 Å². The van der Waals surface area contributed by atoms with Gasteiger partial charge in [-0.15, -0.1) is 0 Å². The molecule has 0 aliphatic carbocycles. The third-order valence-electron chi connectivity index (χ3n) is 3.34. The molecule has 1 aromatic carbocycles. The molecule has 17 heavy (non-hydrogen) atoms. The molecule has 92 valence electrons. The minimum atomic E-state index is 0.649. The summed E-state index contributed by atoms with van der Waals surface area (Å²) in [5.41, 5.74) is 2.08. The second-order valence-electron chi connectivity index (χ2n) is 4.58. The van der Waals surface area contributed by atoms with Crippen LogP contribution < -0.4 is 4.74 Å². The van der Waals surface area contributed by atoms with Crippen LogP contribution in [0.2, 0.25) is 0 Å². The van der Waals surface area contributed by atoms with Crippen molar-refractivity contribution in [2.24, 2.45) is 0 Å². The molecule has 0 saturated carbocycles. The van der Waals surface area contributed by atoms with E-state index in [9.17, 15) is 0 Å². The van der Waals surface area contributed by atoms with Crippen LogP contribution in [0.1, 0.15) is 30.4 Å². The summed E-state index contributed by atoms with van der Waals surface area (Å²) >= 11 is 0. The Morgan fingerprint density at radius 2 is 1.94 bits per heavy atom. The number of piperidine rings is 1. The van der Waals surface area contributed by atoms with Crippen molar-refractivity contribution in [2.75, 3.05) is 20.2 Å². The predicted octanol–water partition coefficient (Wildman–Crippen LogP) is 2.81. The van der Waals surface area contributed by atoms with Crippen LogP contribution in [0.15, 0.2) is 18.2 Å². The Kier molecular flexibility index (Phi) is 3.67. The molecule has 2 rings (SSSR count). The second kappa shape index (κ2) is 5.21. The molecule has 1 saturated heterocycles. The average molecular weight is 232 g/mol. The molecular weight excluding hydrogens is 212 g/mol. The van der Waals surface area contributed by atoms with Crippen LogP contribution in [0.25, 0.3) is 0 Å². The third kappa shape index (κ3) is 2.60. The number of nitrogens with zero attached hydrogens (tertiary/aromatic N) is 1. The van der Waals surface area contributed by atoms with Crippen molar-refractivity contribution in [1.82, 2.24) is 4.90 Å². The van der Waals surface area contributed by atoms with Crippen molar-refractivity contribution in [3.63, 3.8) is 0 Å². The Morgan fingerprint density at radius 3 is 2.53 bits per heavy atom. The number of amidine groups is 1. The standard InChI is InChI=1S/C14H20N2O/c1-11-10-12(6-7-13(11)17-2)14(15)16-8-4-3-5-9-16/h6-7,10,15H,3-5,8-9H2,1-2H3. The van der Waals surface area contributed by atoms with Gasteiger partial charge in [-0.05, 0) is 49.9 Å². The van der Waals surface area contributed by atoms with Crippen molar-refractivity contribution in [3.8, 4) is 5.75 Å². The van der Waals surface area contributed by atoms with Crippen molar-refractivity contribution in [2.45, 2.75) is 26.2 Å². The van der Waals surface area contributed by atoms with E-state index in [-0.39, 0.29) is 0 Å². The first-order valence-corrected chi connectivity index (χ1v) is 6.21. The highest BCUT2D eigenvalue weighted by Gasteiger charge is 2.15. The zero-order chi connectivity index (χ0) is 12.3. The Morgan fingerprint density at radius 1 is 1.24 bits per heavy atom. The number of hydrogen-bond donors (Lipinski definition) is 1. The summed E-state index contributed by atoms with van der Waals surface area (Å²) in [5.74, 6) is 1.54. The minimum absolute atomic E-state index is 0.649. The summed E-state index contributed by atoms with van der Waals surface area (Å²) in [6, 6.07) is 5.96. The molecule has 3 nitrogen and oxygen atoms in total. The fourth-order valence-corrected chi connectivity index (χ4v) is 2.33. The van der Waals surface area contributed by atoms with Gasteiger partial charge < -0.3 is 9.64 Å². The summed E-state index contributed by atoms with van der Waals surface area (Å²) < 4.78 is 5.24. The average Bonchev–Trinajstić information content (AvgIpc) is 2.39. The lowest BCUT2D eigenvalue weighted by molar-refractivity contribution is 0.341. The monoisotopic (exact) mass is 232 g/mol. The van der Waals surface area contributed by atoms with Crippen LogP contribution in [0.3, 0.4) is 0 Å². The van der Waals surface area contributed by atoms with E-state index in [2.05, 4.69) is 4.90 Å². The zero-order valence-electron chi connectivity index (χ0n) is 10.6. The number of ether oxygens (including phenoxy) is 1. The van der Waals surface area contributed by atoms with E-state index in [1.54, 1.807) is 7.11 Å². The highest BCUT2D eigenvalue weighted by atomic mass is 16.5. The van der Waals surface area contributed by atoms with Crippen LogP contribution >= 0.6 is 0 Å². The summed E-state index contributed by atoms with van der Waals surface area (Å²) in [6.45, 7) is 4.06. The SMILES string of the molecule is COc1ccc(C(=N)N2CCCCC2)cc1C. The fourth-order valence-electron chi connectivity index (χ4n) is 2.33. The predicted molar refractivity (Wildman–Crippen MR) is 70.0 cm³/mol. The fraction of sp³-hybridized carbons (Fsp3) is 0.500. The summed E-state index contributed by atoms with van der Waals surface area (Å²) in [4.78, 5) is 2.17. The summed E-state index contributed by atoms with van der Waals surface area (Å²) in [6.07, 6.45) is 3.71. The quantitative estimate of drug-likeness (QED) is 0.628. The first-order chi connectivity index (χ1) is 8.22. The van der Waals surface area contributed by atoms with Crippen LogP contribution in [0.5, 0.6) is 5.75 Å². The molecule has 1 aromatic rings. The van der Waals surface area contributed by atoms with E-state index < -0.39 is 0 Å². The van der Waals surface area contributed by atoms with E-state index in [4.69, 9.17) is 10.1 Å². The molecule has 0 bridgehead atoms. The molecule has 0 aromatic heterocycles. The van der Waals surface area contributed by atoms with E-state index in [0.717, 1.165) is 30.0 Å². The Balaban J connectivity index is 2.16. The maximum Gasteiger partial charge on any atom is 0.128 e. The molecule has 1 N–H and O–H groups in total. The highest BCUT2D eigenvalue weighted by molar-refractivity contribution is 5.96. The van der Waals surface area contributed by atoms with Crippen molar-refractivity contribution in [3.05, 3.63) is 29.3 Å². The van der Waals surface area contributed by atoms with Gasteiger partial charge in [-0.1, -0.05) is 0 Å². The van der Waals surface area contributed by atoms with Crippen LogP contribution in [0.4, 0.5) is 0 Å². The maximum atomic E-state index is 8.23. The topological polar surface area (TPSA) is 36.3 Å². The number of nitrogens with one attached hydrogen (secondary N) is 1. The first-order valence-electron chi connectivity index (χ1n) is 6.21. The number of hydrogen-bond acceptors (Lipinski definition) is 2. The van der Waals surface area contributed by atoms with Crippen molar-refractivity contribution in [1.29, 1.82) is 5.41 Å². The first kappa shape index (κ1) is 12.0. The molecule has 0 atom stereocenters. The lowest BCUT2D eigenvalue weighted by Crippen LogP contribution is -2.35. The Bertz CT molecular complexity index is 409. The maximum absolute atomic E-state index is 8.23. The highest BCUT2D eigenvalue weighted by Crippen LogP contribution is 2.20. The Labute approximate surface area is 103 Å². The Hall–Kier alpha value is -1.51. The molecule has 1 heterocycles. The van der Waals surface area contributed by atoms with Gasteiger partial charge in [0, 0.05) is 18.7 Å². The largest absolute Gasteiger partial charge is 0.496 e. The molecular formula is C14H20N2O. The lowest BCUT2D eigenvalue weighted by atomic mass is 10.1. The van der Waals surface area contributed by atoms with Gasteiger partial charge in [0.15, 0.2) is 0 Å². The number of rotatable bonds is 2. The number of benzene rings is 1. The van der Waals surface area contributed by atoms with Gasteiger partial charge in [-0.2, -0.15) is 0 Å². The molecule has 3 heteroatoms. The summed E-state index contributed by atoms with van der Waals surface area (Å²) in [5, 5.41) is 8.23. The second-order valence-corrected chi connectivity index (χ2v) is 4.58. The third-order valence-corrected chi connectivity index (χ3v) is 3.34. The normalized spacial score (nSPS) is 15.8. The molecule has 1 fully saturated rings. The minimum Gasteiger partial charge on any atom is -0.496 e. The molecule has 0 unspecified atom stereocenters. The van der Waals surface area contributed by atoms with Crippen LogP contribution in [0, 0.1) is 12.3 Å². The lowest BCUT2D eigenvalue weighted by Gasteiger charge is -2.29. The number of aryl methyl sites for hydroxylation is 1. The van der Waals surface area contributed by atoms with Crippen LogP contribution in [-0.2, 0) is 0 Å². The van der Waals surface area contributed by atoms with E-state index in [1.165, 1.54) is 19.3 Å². The van der Waals surface area contributed by atoms with Crippen molar-refractivity contribution < 1.29 is 4.74 Å². The molecule has 0 radical (unpaired) electrons.